The minimum Gasteiger partial charge on any atom is -0.378 e. The van der Waals surface area contributed by atoms with E-state index < -0.39 is 5.92 Å². The van der Waals surface area contributed by atoms with Crippen molar-refractivity contribution in [3.05, 3.63) is 66.2 Å². The van der Waals surface area contributed by atoms with E-state index in [2.05, 4.69) is 30.4 Å². The molecular weight excluding hydrogens is 492 g/mol. The van der Waals surface area contributed by atoms with E-state index in [9.17, 15) is 13.6 Å². The number of nitrogens with zero attached hydrogens (tertiary/aromatic N) is 5. The first-order valence-electron chi connectivity index (χ1n) is 12.6. The maximum absolute atomic E-state index is 13.6. The number of ether oxygens (including phenoxy) is 1. The summed E-state index contributed by atoms with van der Waals surface area (Å²) in [5, 5.41) is 10.7. The number of H-pyrrole nitrogens is 1. The molecule has 11 heteroatoms. The highest BCUT2D eigenvalue weighted by Crippen LogP contribution is 2.30. The van der Waals surface area contributed by atoms with Crippen LogP contribution in [-0.4, -0.2) is 76.3 Å². The molecule has 2 fully saturated rings. The van der Waals surface area contributed by atoms with Crippen LogP contribution in [0, 0.1) is 0 Å². The fourth-order valence-corrected chi connectivity index (χ4v) is 4.93. The third-order valence-corrected chi connectivity index (χ3v) is 6.90. The lowest BCUT2D eigenvalue weighted by Crippen LogP contribution is -2.36. The molecule has 0 radical (unpaired) electrons. The SMILES string of the molecule is O=C(Nc1ccc(N2CCOCC2)nc1)c1n[nH]c2ccc(-c3cncc(CN4CCC(F)(F)C4)c3)cc12. The highest BCUT2D eigenvalue weighted by atomic mass is 19.3. The molecule has 0 unspecified atom stereocenters. The second-order valence-corrected chi connectivity index (χ2v) is 9.69. The van der Waals surface area contributed by atoms with Crippen LogP contribution in [0.3, 0.4) is 0 Å². The predicted molar refractivity (Wildman–Crippen MR) is 139 cm³/mol. The van der Waals surface area contributed by atoms with Gasteiger partial charge in [-0.25, -0.2) is 13.8 Å². The molecular formula is C27H27F2N7O2. The van der Waals surface area contributed by atoms with Crippen molar-refractivity contribution >= 4 is 28.3 Å². The van der Waals surface area contributed by atoms with E-state index in [1.165, 1.54) is 0 Å². The van der Waals surface area contributed by atoms with Gasteiger partial charge in [0.2, 0.25) is 0 Å². The van der Waals surface area contributed by atoms with Crippen molar-refractivity contribution in [3.63, 3.8) is 0 Å². The zero-order valence-corrected chi connectivity index (χ0v) is 20.7. The van der Waals surface area contributed by atoms with Crippen molar-refractivity contribution in [2.75, 3.05) is 49.6 Å². The summed E-state index contributed by atoms with van der Waals surface area (Å²) in [6, 6.07) is 11.3. The molecule has 0 bridgehead atoms. The minimum atomic E-state index is -2.63. The van der Waals surface area contributed by atoms with E-state index >= 15 is 0 Å². The van der Waals surface area contributed by atoms with Crippen LogP contribution in [0.1, 0.15) is 22.5 Å². The van der Waals surface area contributed by atoms with E-state index in [0.29, 0.717) is 37.4 Å². The van der Waals surface area contributed by atoms with Crippen molar-refractivity contribution in [2.24, 2.45) is 0 Å². The number of aromatic amines is 1. The Bertz CT molecular complexity index is 1450. The van der Waals surface area contributed by atoms with Gasteiger partial charge in [-0.3, -0.25) is 19.8 Å². The highest BCUT2D eigenvalue weighted by Gasteiger charge is 2.37. The Morgan fingerprint density at radius 3 is 2.68 bits per heavy atom. The summed E-state index contributed by atoms with van der Waals surface area (Å²) in [5.41, 5.74) is 4.12. The van der Waals surface area contributed by atoms with Gasteiger partial charge in [0, 0.05) is 55.9 Å². The molecule has 3 aromatic heterocycles. The number of hydrogen-bond donors (Lipinski definition) is 2. The Morgan fingerprint density at radius 2 is 1.92 bits per heavy atom. The van der Waals surface area contributed by atoms with Crippen LogP contribution in [0.2, 0.25) is 0 Å². The molecule has 2 N–H and O–H groups in total. The molecule has 0 aliphatic carbocycles. The number of rotatable bonds is 6. The molecule has 1 aromatic carbocycles. The number of halogens is 2. The van der Waals surface area contributed by atoms with Crippen molar-refractivity contribution in [1.29, 1.82) is 0 Å². The van der Waals surface area contributed by atoms with Crippen LogP contribution in [0.15, 0.2) is 55.0 Å². The van der Waals surface area contributed by atoms with Crippen molar-refractivity contribution < 1.29 is 18.3 Å². The molecule has 4 aromatic rings. The van der Waals surface area contributed by atoms with Crippen LogP contribution in [0.25, 0.3) is 22.0 Å². The maximum atomic E-state index is 13.6. The van der Waals surface area contributed by atoms with E-state index in [1.54, 1.807) is 23.5 Å². The van der Waals surface area contributed by atoms with E-state index in [0.717, 1.165) is 41.1 Å². The fraction of sp³-hybridized carbons (Fsp3) is 0.333. The van der Waals surface area contributed by atoms with Gasteiger partial charge >= 0.3 is 0 Å². The number of fused-ring (bicyclic) bond motifs is 1. The predicted octanol–water partition coefficient (Wildman–Crippen LogP) is 3.95. The van der Waals surface area contributed by atoms with Crippen LogP contribution in [0.4, 0.5) is 20.3 Å². The van der Waals surface area contributed by atoms with Gasteiger partial charge in [0.1, 0.15) is 5.82 Å². The number of carbonyl (C=O) groups excluding carboxylic acids is 1. The number of carbonyl (C=O) groups is 1. The fourth-order valence-electron chi connectivity index (χ4n) is 4.93. The van der Waals surface area contributed by atoms with Crippen LogP contribution in [-0.2, 0) is 11.3 Å². The molecule has 2 saturated heterocycles. The molecule has 6 rings (SSSR count). The van der Waals surface area contributed by atoms with Gasteiger partial charge in [0.25, 0.3) is 11.8 Å². The number of anilines is 2. The number of morpholine rings is 1. The van der Waals surface area contributed by atoms with Crippen molar-refractivity contribution in [3.8, 4) is 11.1 Å². The van der Waals surface area contributed by atoms with Gasteiger partial charge in [0.05, 0.1) is 37.2 Å². The smallest absolute Gasteiger partial charge is 0.276 e. The number of likely N-dealkylation sites (tertiary alicyclic amines) is 1. The Labute approximate surface area is 217 Å². The zero-order valence-electron chi connectivity index (χ0n) is 20.7. The number of nitrogens with one attached hydrogen (secondary N) is 2. The number of pyridine rings is 2. The quantitative estimate of drug-likeness (QED) is 0.398. The monoisotopic (exact) mass is 519 g/mol. The number of aromatic nitrogens is 4. The average molecular weight is 520 g/mol. The minimum absolute atomic E-state index is 0.115. The molecule has 5 heterocycles. The lowest BCUT2D eigenvalue weighted by Gasteiger charge is -2.27. The number of benzene rings is 1. The number of hydrogen-bond acceptors (Lipinski definition) is 7. The first kappa shape index (κ1) is 24.4. The second-order valence-electron chi connectivity index (χ2n) is 9.69. The summed E-state index contributed by atoms with van der Waals surface area (Å²) >= 11 is 0. The summed E-state index contributed by atoms with van der Waals surface area (Å²) in [5.74, 6) is -2.14. The summed E-state index contributed by atoms with van der Waals surface area (Å²) in [6.07, 6.45) is 4.95. The first-order valence-corrected chi connectivity index (χ1v) is 12.6. The Hall–Kier alpha value is -3.96. The van der Waals surface area contributed by atoms with Crippen LogP contribution >= 0.6 is 0 Å². The zero-order chi connectivity index (χ0) is 26.1. The molecule has 1 amide bonds. The van der Waals surface area contributed by atoms with Gasteiger partial charge in [0.15, 0.2) is 5.69 Å². The van der Waals surface area contributed by atoms with Crippen LogP contribution in [0.5, 0.6) is 0 Å². The van der Waals surface area contributed by atoms with Gasteiger partial charge < -0.3 is 15.0 Å². The maximum Gasteiger partial charge on any atom is 0.276 e. The standard InChI is InChI=1S/C27H27F2N7O2/c28-27(29)5-6-35(17-27)16-18-11-20(14-30-13-18)19-1-3-23-22(12-19)25(34-33-23)26(37)32-21-2-4-24(31-15-21)36-7-9-38-10-8-36/h1-4,11-15H,5-10,16-17H2,(H,32,37)(H,33,34). The van der Waals surface area contributed by atoms with E-state index in [4.69, 9.17) is 4.74 Å². The van der Waals surface area contributed by atoms with E-state index in [-0.39, 0.29) is 24.6 Å². The second kappa shape index (κ2) is 10.1. The Morgan fingerprint density at radius 1 is 1.05 bits per heavy atom. The molecule has 2 aliphatic rings. The number of amides is 1. The summed E-state index contributed by atoms with van der Waals surface area (Å²) in [4.78, 5) is 25.8. The van der Waals surface area contributed by atoms with E-state index in [1.807, 2.05) is 36.4 Å². The third kappa shape index (κ3) is 5.20. The Kier molecular flexibility index (Phi) is 6.46. The lowest BCUT2D eigenvalue weighted by molar-refractivity contribution is 0.0115. The molecule has 0 spiro atoms. The molecule has 9 nitrogen and oxygen atoms in total. The summed E-state index contributed by atoms with van der Waals surface area (Å²) in [6.45, 7) is 3.46. The largest absolute Gasteiger partial charge is 0.378 e. The first-order chi connectivity index (χ1) is 18.4. The summed E-state index contributed by atoms with van der Waals surface area (Å²) in [7, 11) is 0. The Balaban J connectivity index is 1.19. The molecule has 2 aliphatic heterocycles. The molecule has 0 atom stereocenters. The van der Waals surface area contributed by atoms with Crippen molar-refractivity contribution in [2.45, 2.75) is 18.9 Å². The highest BCUT2D eigenvalue weighted by molar-refractivity contribution is 6.11. The topological polar surface area (TPSA) is 99.3 Å². The lowest BCUT2D eigenvalue weighted by atomic mass is 10.0. The molecule has 0 saturated carbocycles. The summed E-state index contributed by atoms with van der Waals surface area (Å²) < 4.78 is 32.6. The van der Waals surface area contributed by atoms with Gasteiger partial charge in [-0.05, 0) is 41.5 Å². The van der Waals surface area contributed by atoms with Gasteiger partial charge in [-0.2, -0.15) is 5.10 Å². The average Bonchev–Trinajstić information content (AvgIpc) is 3.51. The van der Waals surface area contributed by atoms with Gasteiger partial charge in [-0.15, -0.1) is 0 Å². The van der Waals surface area contributed by atoms with Crippen molar-refractivity contribution in [1.82, 2.24) is 25.1 Å². The normalized spacial score (nSPS) is 17.7. The molecule has 196 valence electrons. The third-order valence-electron chi connectivity index (χ3n) is 6.90. The number of alkyl halides is 2. The van der Waals surface area contributed by atoms with Crippen LogP contribution < -0.4 is 10.2 Å². The molecule has 38 heavy (non-hydrogen) atoms. The van der Waals surface area contributed by atoms with Gasteiger partial charge in [-0.1, -0.05) is 6.07 Å².